The summed E-state index contributed by atoms with van der Waals surface area (Å²) in [5, 5.41) is 10.1. The average molecular weight is 399 g/mol. The van der Waals surface area contributed by atoms with Gasteiger partial charge in [0.1, 0.15) is 5.03 Å². The van der Waals surface area contributed by atoms with Crippen LogP contribution in [0.5, 0.6) is 0 Å². The Morgan fingerprint density at radius 1 is 0.857 bits per heavy atom. The van der Waals surface area contributed by atoms with Gasteiger partial charge in [-0.3, -0.25) is 9.59 Å². The van der Waals surface area contributed by atoms with E-state index in [4.69, 9.17) is 0 Å². The third-order valence-corrected chi connectivity index (χ3v) is 6.71. The number of rotatable bonds is 4. The normalized spacial score (nSPS) is 17.9. The Bertz CT molecular complexity index is 812. The molecular weight excluding hydrogens is 372 g/mol. The number of piperidine rings is 2. The highest BCUT2D eigenvalue weighted by molar-refractivity contribution is 8.01. The summed E-state index contributed by atoms with van der Waals surface area (Å²) < 4.78 is 0. The van der Waals surface area contributed by atoms with Crippen LogP contribution in [0.25, 0.3) is 10.8 Å². The second-order valence-electron chi connectivity index (χ2n) is 7.51. The number of likely N-dealkylation sites (tertiary alicyclic amines) is 2. The Kier molecular flexibility index (Phi) is 6.10. The molecule has 2 aliphatic rings. The third-order valence-electron chi connectivity index (χ3n) is 5.55. The Morgan fingerprint density at radius 3 is 2.04 bits per heavy atom. The lowest BCUT2D eigenvalue weighted by atomic mass is 10.1. The SMILES string of the molecule is O=C(C(Sc1nncc2ccccc12)C(=O)N1CCCCC1)N1CCCCC1. The zero-order chi connectivity index (χ0) is 19.3. The van der Waals surface area contributed by atoms with Gasteiger partial charge >= 0.3 is 0 Å². The van der Waals surface area contributed by atoms with Crippen LogP contribution in [0.3, 0.4) is 0 Å². The first-order valence-corrected chi connectivity index (χ1v) is 11.1. The predicted octanol–water partition coefficient (Wildman–Crippen LogP) is 3.12. The number of hydrogen-bond donors (Lipinski definition) is 0. The van der Waals surface area contributed by atoms with Gasteiger partial charge in [-0.15, -0.1) is 5.10 Å². The van der Waals surface area contributed by atoms with Gasteiger partial charge in [-0.25, -0.2) is 0 Å². The Labute approximate surface area is 169 Å². The van der Waals surface area contributed by atoms with Crippen LogP contribution in [0.4, 0.5) is 0 Å². The van der Waals surface area contributed by atoms with E-state index in [0.717, 1.165) is 75.5 Å². The summed E-state index contributed by atoms with van der Waals surface area (Å²) in [7, 11) is 0. The molecule has 0 saturated carbocycles. The fraction of sp³-hybridized carbons (Fsp3) is 0.524. The molecule has 4 rings (SSSR count). The lowest BCUT2D eigenvalue weighted by Crippen LogP contribution is -2.49. The first kappa shape index (κ1) is 19.2. The molecule has 0 atom stereocenters. The van der Waals surface area contributed by atoms with Crippen molar-refractivity contribution < 1.29 is 9.59 Å². The van der Waals surface area contributed by atoms with Crippen molar-refractivity contribution in [2.45, 2.75) is 48.8 Å². The number of amides is 2. The minimum Gasteiger partial charge on any atom is -0.341 e. The lowest BCUT2D eigenvalue weighted by molar-refractivity contribution is -0.140. The number of benzene rings is 1. The second-order valence-corrected chi connectivity index (χ2v) is 8.60. The smallest absolute Gasteiger partial charge is 0.245 e. The van der Waals surface area contributed by atoms with Crippen molar-refractivity contribution in [1.29, 1.82) is 0 Å². The minimum atomic E-state index is -0.781. The third kappa shape index (κ3) is 4.14. The minimum absolute atomic E-state index is 0.0741. The van der Waals surface area contributed by atoms with Crippen LogP contribution in [0.2, 0.25) is 0 Å². The van der Waals surface area contributed by atoms with Gasteiger partial charge in [-0.05, 0) is 38.5 Å². The molecule has 148 valence electrons. The highest BCUT2D eigenvalue weighted by Crippen LogP contribution is 2.31. The fourth-order valence-corrected chi connectivity index (χ4v) is 5.10. The van der Waals surface area contributed by atoms with Crippen LogP contribution in [-0.2, 0) is 9.59 Å². The highest BCUT2D eigenvalue weighted by Gasteiger charge is 2.36. The number of aromatic nitrogens is 2. The molecule has 0 unspecified atom stereocenters. The van der Waals surface area contributed by atoms with Gasteiger partial charge in [0, 0.05) is 37.0 Å². The van der Waals surface area contributed by atoms with Gasteiger partial charge in [-0.1, -0.05) is 36.0 Å². The van der Waals surface area contributed by atoms with Crippen LogP contribution in [-0.4, -0.2) is 63.2 Å². The summed E-state index contributed by atoms with van der Waals surface area (Å²) >= 11 is 1.27. The lowest BCUT2D eigenvalue weighted by Gasteiger charge is -2.33. The molecule has 6 nitrogen and oxygen atoms in total. The van der Waals surface area contributed by atoms with Crippen molar-refractivity contribution >= 4 is 34.3 Å². The summed E-state index contributed by atoms with van der Waals surface area (Å²) in [5.74, 6) is -0.148. The van der Waals surface area contributed by atoms with E-state index < -0.39 is 5.25 Å². The molecule has 0 radical (unpaired) electrons. The fourth-order valence-electron chi connectivity index (χ4n) is 3.97. The number of thioether (sulfide) groups is 1. The zero-order valence-electron chi connectivity index (χ0n) is 16.0. The maximum absolute atomic E-state index is 13.3. The molecule has 28 heavy (non-hydrogen) atoms. The summed E-state index contributed by atoms with van der Waals surface area (Å²) in [4.78, 5) is 30.4. The summed E-state index contributed by atoms with van der Waals surface area (Å²) in [6.45, 7) is 2.96. The van der Waals surface area contributed by atoms with Crippen molar-refractivity contribution in [3.05, 3.63) is 30.5 Å². The highest BCUT2D eigenvalue weighted by atomic mass is 32.2. The average Bonchev–Trinajstić information content (AvgIpc) is 2.78. The Morgan fingerprint density at radius 2 is 1.43 bits per heavy atom. The molecule has 0 N–H and O–H groups in total. The predicted molar refractivity (Wildman–Crippen MR) is 110 cm³/mol. The maximum Gasteiger partial charge on any atom is 0.245 e. The van der Waals surface area contributed by atoms with Crippen molar-refractivity contribution in [3.63, 3.8) is 0 Å². The van der Waals surface area contributed by atoms with Crippen LogP contribution in [0.1, 0.15) is 38.5 Å². The van der Waals surface area contributed by atoms with Crippen molar-refractivity contribution in [2.24, 2.45) is 0 Å². The number of fused-ring (bicyclic) bond motifs is 1. The van der Waals surface area contributed by atoms with Gasteiger partial charge in [0.25, 0.3) is 0 Å². The molecule has 2 aliphatic heterocycles. The van der Waals surface area contributed by atoms with E-state index in [1.54, 1.807) is 6.20 Å². The van der Waals surface area contributed by atoms with Crippen molar-refractivity contribution in [3.8, 4) is 0 Å². The van der Waals surface area contributed by atoms with E-state index in [1.807, 2.05) is 34.1 Å². The molecule has 2 amide bonds. The standard InChI is InChI=1S/C21H26N4O2S/c26-20(24-11-5-1-6-12-24)18(21(27)25-13-7-2-8-14-25)28-19-17-10-4-3-9-16(17)15-22-23-19/h3-4,9-10,15,18H,1-2,5-8,11-14H2. The summed E-state index contributed by atoms with van der Waals surface area (Å²) in [6.07, 6.45) is 8.05. The molecule has 2 fully saturated rings. The molecule has 7 heteroatoms. The topological polar surface area (TPSA) is 66.4 Å². The van der Waals surface area contributed by atoms with E-state index in [0.29, 0.717) is 5.03 Å². The molecule has 0 spiro atoms. The van der Waals surface area contributed by atoms with Gasteiger partial charge in [0.2, 0.25) is 11.8 Å². The van der Waals surface area contributed by atoms with Crippen LogP contribution in [0, 0.1) is 0 Å². The van der Waals surface area contributed by atoms with Gasteiger partial charge in [0.05, 0.1) is 6.20 Å². The summed E-state index contributed by atoms with van der Waals surface area (Å²) in [5.41, 5.74) is 0. The van der Waals surface area contributed by atoms with E-state index in [2.05, 4.69) is 10.2 Å². The van der Waals surface area contributed by atoms with E-state index in [1.165, 1.54) is 11.8 Å². The van der Waals surface area contributed by atoms with Crippen molar-refractivity contribution in [2.75, 3.05) is 26.2 Å². The van der Waals surface area contributed by atoms with Gasteiger partial charge < -0.3 is 9.80 Å². The van der Waals surface area contributed by atoms with Crippen LogP contribution in [0.15, 0.2) is 35.5 Å². The quantitative estimate of drug-likeness (QED) is 0.585. The molecule has 3 heterocycles. The van der Waals surface area contributed by atoms with Gasteiger partial charge in [-0.2, -0.15) is 5.10 Å². The van der Waals surface area contributed by atoms with Crippen LogP contribution >= 0.6 is 11.8 Å². The summed E-state index contributed by atoms with van der Waals surface area (Å²) in [6, 6.07) is 7.85. The molecular formula is C21H26N4O2S. The number of nitrogens with zero attached hydrogens (tertiary/aromatic N) is 4. The van der Waals surface area contributed by atoms with Gasteiger partial charge in [0.15, 0.2) is 5.25 Å². The number of hydrogen-bond acceptors (Lipinski definition) is 5. The van der Waals surface area contributed by atoms with E-state index >= 15 is 0 Å². The molecule has 0 bridgehead atoms. The van der Waals surface area contributed by atoms with E-state index in [-0.39, 0.29) is 11.8 Å². The monoisotopic (exact) mass is 398 g/mol. The Balaban J connectivity index is 1.63. The Hall–Kier alpha value is -2.15. The first-order chi connectivity index (χ1) is 13.7. The zero-order valence-corrected chi connectivity index (χ0v) is 16.9. The number of carbonyl (C=O) groups excluding carboxylic acids is 2. The molecule has 1 aromatic carbocycles. The second kappa shape index (κ2) is 8.90. The van der Waals surface area contributed by atoms with Crippen molar-refractivity contribution in [1.82, 2.24) is 20.0 Å². The molecule has 0 aliphatic carbocycles. The molecule has 1 aromatic heterocycles. The first-order valence-electron chi connectivity index (χ1n) is 10.2. The maximum atomic E-state index is 13.3. The molecule has 2 saturated heterocycles. The van der Waals surface area contributed by atoms with Crippen LogP contribution < -0.4 is 0 Å². The largest absolute Gasteiger partial charge is 0.341 e. The molecule has 2 aromatic rings. The number of carbonyl (C=O) groups is 2. The van der Waals surface area contributed by atoms with E-state index in [9.17, 15) is 9.59 Å².